The zero-order chi connectivity index (χ0) is 12.7. The van der Waals surface area contributed by atoms with Gasteiger partial charge in [-0.25, -0.2) is 4.79 Å². The Morgan fingerprint density at radius 1 is 1.29 bits per heavy atom. The second-order valence-electron chi connectivity index (χ2n) is 3.41. The molecule has 0 fully saturated rings. The zero-order valence-electron chi connectivity index (χ0n) is 10.1. The topological polar surface area (TPSA) is 58.4 Å². The molecule has 4 heteroatoms. The van der Waals surface area contributed by atoms with Gasteiger partial charge in [0, 0.05) is 23.8 Å². The lowest BCUT2D eigenvalue weighted by atomic mass is 10.2. The van der Waals surface area contributed by atoms with E-state index < -0.39 is 6.03 Å². The maximum atomic E-state index is 10.8. The lowest BCUT2D eigenvalue weighted by Crippen LogP contribution is -2.19. The SMILES string of the molecule is CC=CN(C=CC)c1cccc(NC(N)=O)c1. The first-order chi connectivity index (χ1) is 8.17. The van der Waals surface area contributed by atoms with Crippen LogP contribution in [0.15, 0.2) is 48.8 Å². The lowest BCUT2D eigenvalue weighted by molar-refractivity contribution is 0.259. The van der Waals surface area contributed by atoms with Gasteiger partial charge in [0.1, 0.15) is 0 Å². The summed E-state index contributed by atoms with van der Waals surface area (Å²) in [6.07, 6.45) is 7.75. The number of nitrogens with one attached hydrogen (secondary N) is 1. The summed E-state index contributed by atoms with van der Waals surface area (Å²) in [7, 11) is 0. The number of hydrogen-bond donors (Lipinski definition) is 2. The van der Waals surface area contributed by atoms with E-state index in [-0.39, 0.29) is 0 Å². The second kappa shape index (κ2) is 6.37. The molecule has 0 aliphatic rings. The quantitative estimate of drug-likeness (QED) is 0.836. The van der Waals surface area contributed by atoms with E-state index >= 15 is 0 Å². The monoisotopic (exact) mass is 231 g/mol. The van der Waals surface area contributed by atoms with E-state index in [1.54, 1.807) is 6.07 Å². The largest absolute Gasteiger partial charge is 0.351 e. The molecule has 0 saturated carbocycles. The fourth-order valence-electron chi connectivity index (χ4n) is 1.43. The highest BCUT2D eigenvalue weighted by Crippen LogP contribution is 2.20. The van der Waals surface area contributed by atoms with Crippen molar-refractivity contribution in [1.82, 2.24) is 0 Å². The summed E-state index contributed by atoms with van der Waals surface area (Å²) in [5, 5.41) is 2.55. The highest BCUT2D eigenvalue weighted by atomic mass is 16.2. The van der Waals surface area contributed by atoms with E-state index in [4.69, 9.17) is 5.73 Å². The number of amides is 2. The van der Waals surface area contributed by atoms with Crippen LogP contribution in [0.25, 0.3) is 0 Å². The second-order valence-corrected chi connectivity index (χ2v) is 3.41. The Hall–Kier alpha value is -2.23. The highest BCUT2D eigenvalue weighted by molar-refractivity contribution is 5.88. The van der Waals surface area contributed by atoms with Gasteiger partial charge in [-0.05, 0) is 32.0 Å². The van der Waals surface area contributed by atoms with Gasteiger partial charge in [0.2, 0.25) is 0 Å². The molecule has 17 heavy (non-hydrogen) atoms. The standard InChI is InChI=1S/C13H17N3O/c1-3-8-16(9-4-2)12-7-5-6-11(10-12)15-13(14)17/h3-10H,1-2H3,(H3,14,15,17). The summed E-state index contributed by atoms with van der Waals surface area (Å²) in [6, 6.07) is 6.89. The van der Waals surface area contributed by atoms with Crippen LogP contribution < -0.4 is 16.0 Å². The number of nitrogens with zero attached hydrogens (tertiary/aromatic N) is 1. The maximum Gasteiger partial charge on any atom is 0.316 e. The van der Waals surface area contributed by atoms with Crippen molar-refractivity contribution in [2.45, 2.75) is 13.8 Å². The van der Waals surface area contributed by atoms with Crippen LogP contribution in [0.2, 0.25) is 0 Å². The van der Waals surface area contributed by atoms with E-state index in [1.165, 1.54) is 0 Å². The van der Waals surface area contributed by atoms with Gasteiger partial charge < -0.3 is 16.0 Å². The predicted octanol–water partition coefficient (Wildman–Crippen LogP) is 3.05. The minimum atomic E-state index is -0.564. The molecular formula is C13H17N3O. The summed E-state index contributed by atoms with van der Waals surface area (Å²) < 4.78 is 0. The van der Waals surface area contributed by atoms with Crippen molar-refractivity contribution in [2.75, 3.05) is 10.2 Å². The number of nitrogens with two attached hydrogens (primary N) is 1. The molecule has 1 aromatic rings. The first kappa shape index (κ1) is 12.8. The Balaban J connectivity index is 2.99. The molecule has 0 aromatic heterocycles. The molecule has 2 amide bonds. The molecular weight excluding hydrogens is 214 g/mol. The number of rotatable bonds is 4. The number of carbonyl (C=O) groups excluding carboxylic acids is 1. The van der Waals surface area contributed by atoms with E-state index in [0.29, 0.717) is 5.69 Å². The van der Waals surface area contributed by atoms with Crippen LogP contribution in [0, 0.1) is 0 Å². The number of carbonyl (C=O) groups is 1. The molecule has 0 unspecified atom stereocenters. The smallest absolute Gasteiger partial charge is 0.316 e. The third-order valence-electron chi connectivity index (χ3n) is 2.03. The number of primary amides is 1. The number of hydrogen-bond acceptors (Lipinski definition) is 2. The number of urea groups is 1. The van der Waals surface area contributed by atoms with Crippen molar-refractivity contribution in [1.29, 1.82) is 0 Å². The van der Waals surface area contributed by atoms with Crippen LogP contribution in [-0.4, -0.2) is 6.03 Å². The van der Waals surface area contributed by atoms with Gasteiger partial charge in [-0.2, -0.15) is 0 Å². The molecule has 0 saturated heterocycles. The van der Waals surface area contributed by atoms with Gasteiger partial charge in [0.05, 0.1) is 0 Å². The molecule has 0 atom stereocenters. The van der Waals surface area contributed by atoms with Gasteiger partial charge in [0.25, 0.3) is 0 Å². The Morgan fingerprint density at radius 2 is 1.94 bits per heavy atom. The molecule has 0 heterocycles. The molecule has 90 valence electrons. The van der Waals surface area contributed by atoms with Crippen LogP contribution in [0.3, 0.4) is 0 Å². The van der Waals surface area contributed by atoms with E-state index in [1.807, 2.05) is 61.5 Å². The molecule has 0 aliphatic heterocycles. The van der Waals surface area contributed by atoms with Gasteiger partial charge in [0.15, 0.2) is 0 Å². The van der Waals surface area contributed by atoms with Crippen molar-refractivity contribution in [2.24, 2.45) is 5.73 Å². The van der Waals surface area contributed by atoms with Crippen LogP contribution in [0.4, 0.5) is 16.2 Å². The number of anilines is 2. The van der Waals surface area contributed by atoms with Gasteiger partial charge in [-0.3, -0.25) is 0 Å². The predicted molar refractivity (Wildman–Crippen MR) is 71.8 cm³/mol. The number of allylic oxidation sites excluding steroid dienone is 2. The van der Waals surface area contributed by atoms with Crippen molar-refractivity contribution in [3.63, 3.8) is 0 Å². The Morgan fingerprint density at radius 3 is 2.47 bits per heavy atom. The third kappa shape index (κ3) is 4.03. The zero-order valence-corrected chi connectivity index (χ0v) is 10.1. The van der Waals surface area contributed by atoms with Crippen molar-refractivity contribution in [3.8, 4) is 0 Å². The summed E-state index contributed by atoms with van der Waals surface area (Å²) in [5.74, 6) is 0. The Kier molecular flexibility index (Phi) is 4.81. The molecule has 0 bridgehead atoms. The minimum absolute atomic E-state index is 0.564. The molecule has 1 rings (SSSR count). The summed E-state index contributed by atoms with van der Waals surface area (Å²) in [5.41, 5.74) is 6.70. The highest BCUT2D eigenvalue weighted by Gasteiger charge is 2.01. The van der Waals surface area contributed by atoms with Gasteiger partial charge in [-0.1, -0.05) is 18.2 Å². The molecule has 4 nitrogen and oxygen atoms in total. The molecule has 0 aliphatic carbocycles. The van der Waals surface area contributed by atoms with Crippen molar-refractivity contribution in [3.05, 3.63) is 48.8 Å². The van der Waals surface area contributed by atoms with Crippen LogP contribution >= 0.6 is 0 Å². The third-order valence-corrected chi connectivity index (χ3v) is 2.03. The van der Waals surface area contributed by atoms with Gasteiger partial charge >= 0.3 is 6.03 Å². The molecule has 3 N–H and O–H groups in total. The maximum absolute atomic E-state index is 10.8. The fraction of sp³-hybridized carbons (Fsp3) is 0.154. The van der Waals surface area contributed by atoms with E-state index in [9.17, 15) is 4.79 Å². The molecule has 0 spiro atoms. The normalized spacial score (nSPS) is 10.9. The van der Waals surface area contributed by atoms with Crippen LogP contribution in [0.5, 0.6) is 0 Å². The fourth-order valence-corrected chi connectivity index (χ4v) is 1.43. The summed E-state index contributed by atoms with van der Waals surface area (Å²) in [6.45, 7) is 3.89. The Bertz CT molecular complexity index is 426. The minimum Gasteiger partial charge on any atom is -0.351 e. The van der Waals surface area contributed by atoms with Gasteiger partial charge in [-0.15, -0.1) is 0 Å². The van der Waals surface area contributed by atoms with Crippen molar-refractivity contribution < 1.29 is 4.79 Å². The van der Waals surface area contributed by atoms with E-state index in [2.05, 4.69) is 5.32 Å². The average molecular weight is 231 g/mol. The van der Waals surface area contributed by atoms with Crippen LogP contribution in [-0.2, 0) is 0 Å². The lowest BCUT2D eigenvalue weighted by Gasteiger charge is -2.16. The number of benzene rings is 1. The Labute approximate surface area is 101 Å². The summed E-state index contributed by atoms with van der Waals surface area (Å²) >= 11 is 0. The van der Waals surface area contributed by atoms with Crippen molar-refractivity contribution >= 4 is 17.4 Å². The molecule has 0 radical (unpaired) electrons. The summed E-state index contributed by atoms with van der Waals surface area (Å²) in [4.78, 5) is 12.7. The first-order valence-electron chi connectivity index (χ1n) is 5.38. The molecule has 1 aromatic carbocycles. The van der Waals surface area contributed by atoms with E-state index in [0.717, 1.165) is 5.69 Å². The first-order valence-corrected chi connectivity index (χ1v) is 5.38. The average Bonchev–Trinajstić information content (AvgIpc) is 2.28. The van der Waals surface area contributed by atoms with Crippen LogP contribution in [0.1, 0.15) is 13.8 Å².